The Labute approximate surface area is 252 Å². The lowest BCUT2D eigenvalue weighted by molar-refractivity contribution is -0.162. The van der Waals surface area contributed by atoms with E-state index in [-0.39, 0.29) is 44.2 Å². The molecule has 3 unspecified atom stereocenters. The van der Waals surface area contributed by atoms with E-state index in [0.717, 1.165) is 18.4 Å². The number of hydrogen-bond donors (Lipinski definition) is 1. The summed E-state index contributed by atoms with van der Waals surface area (Å²) in [5, 5.41) is 17.7. The standard InChI is InChI=1S/C32H43N5O6/c1-5-7-19-42-30(41)26-25-28(39)36(17-12-8-9-13-18-38)27(32(25)20-22(3)31(26,4)43-32)29(40)35(16-6-2)21-37-24-15-11-10-14-23(24)33-34-37/h5-6,10-11,14-15,22,25-27,38H,1-2,7-9,12-13,16-21H2,3-4H3/t22?,25-,26+,27?,31-,32?/m0/s1. The summed E-state index contributed by atoms with van der Waals surface area (Å²) in [7, 11) is 0. The highest BCUT2D eigenvalue weighted by Gasteiger charge is 2.80. The molecule has 1 aromatic heterocycles. The Hall–Kier alpha value is -3.57. The minimum absolute atomic E-state index is 0.0829. The monoisotopic (exact) mass is 593 g/mol. The molecule has 11 heteroatoms. The SMILES string of the molecule is C=CCCOC(=O)[C@H]1[C@H]2C(=O)N(CCCCCCO)C(C(=O)N(CC=C)Cn3nnc4ccccc43)C23CC(C)[C@]1(C)O3. The molecule has 3 aliphatic heterocycles. The molecule has 11 nitrogen and oxygen atoms in total. The molecule has 232 valence electrons. The predicted octanol–water partition coefficient (Wildman–Crippen LogP) is 3.09. The first kappa shape index (κ1) is 30.9. The summed E-state index contributed by atoms with van der Waals surface area (Å²) >= 11 is 0. The fraction of sp³-hybridized carbons (Fsp3) is 0.594. The van der Waals surface area contributed by atoms with Crippen molar-refractivity contribution in [2.24, 2.45) is 17.8 Å². The average molecular weight is 594 g/mol. The van der Waals surface area contributed by atoms with Crippen LogP contribution in [0.25, 0.3) is 11.0 Å². The lowest BCUT2D eigenvalue weighted by Gasteiger charge is -2.37. The van der Waals surface area contributed by atoms with E-state index in [4.69, 9.17) is 9.47 Å². The number of unbranched alkanes of at least 4 members (excludes halogenated alkanes) is 3. The molecule has 5 rings (SSSR count). The van der Waals surface area contributed by atoms with Crippen LogP contribution in [0.15, 0.2) is 49.6 Å². The number of hydrogen-bond acceptors (Lipinski definition) is 8. The molecule has 43 heavy (non-hydrogen) atoms. The first-order valence-electron chi connectivity index (χ1n) is 15.3. The van der Waals surface area contributed by atoms with Crippen LogP contribution in [0.4, 0.5) is 0 Å². The van der Waals surface area contributed by atoms with Gasteiger partial charge in [-0.25, -0.2) is 4.68 Å². The van der Waals surface area contributed by atoms with Crippen molar-refractivity contribution in [2.45, 2.75) is 76.3 Å². The van der Waals surface area contributed by atoms with Crippen molar-refractivity contribution >= 4 is 28.8 Å². The Bertz CT molecular complexity index is 1380. The van der Waals surface area contributed by atoms with Gasteiger partial charge in [-0.2, -0.15) is 0 Å². The molecule has 2 amide bonds. The number of aromatic nitrogens is 3. The van der Waals surface area contributed by atoms with Crippen LogP contribution in [0.5, 0.6) is 0 Å². The van der Waals surface area contributed by atoms with E-state index in [1.165, 1.54) is 0 Å². The van der Waals surface area contributed by atoms with Gasteiger partial charge in [0.05, 0.1) is 23.6 Å². The molecule has 3 fully saturated rings. The summed E-state index contributed by atoms with van der Waals surface area (Å²) in [5.41, 5.74) is -0.613. The maximum absolute atomic E-state index is 14.7. The van der Waals surface area contributed by atoms with Gasteiger partial charge in [0.25, 0.3) is 0 Å². The molecule has 0 saturated carbocycles. The fourth-order valence-corrected chi connectivity index (χ4v) is 7.43. The van der Waals surface area contributed by atoms with Crippen molar-refractivity contribution in [3.05, 3.63) is 49.6 Å². The quantitative estimate of drug-likeness (QED) is 0.190. The fourth-order valence-electron chi connectivity index (χ4n) is 7.43. The Balaban J connectivity index is 1.50. The van der Waals surface area contributed by atoms with Crippen molar-refractivity contribution in [1.82, 2.24) is 24.8 Å². The number of carbonyl (C=O) groups excluding carboxylic acids is 3. The number of nitrogens with zero attached hydrogens (tertiary/aromatic N) is 5. The second-order valence-electron chi connectivity index (χ2n) is 12.2. The van der Waals surface area contributed by atoms with Gasteiger partial charge in [-0.15, -0.1) is 18.3 Å². The number of aliphatic hydroxyl groups excluding tert-OH is 1. The number of esters is 1. The number of para-hydroxylation sites is 1. The molecular formula is C32H43N5O6. The highest BCUT2D eigenvalue weighted by molar-refractivity contribution is 5.98. The third-order valence-electron chi connectivity index (χ3n) is 9.56. The molecule has 1 aromatic carbocycles. The van der Waals surface area contributed by atoms with Gasteiger partial charge in [0, 0.05) is 19.7 Å². The van der Waals surface area contributed by atoms with Crippen molar-refractivity contribution in [3.8, 4) is 0 Å². The van der Waals surface area contributed by atoms with Gasteiger partial charge in [-0.1, -0.05) is 49.3 Å². The van der Waals surface area contributed by atoms with Crippen molar-refractivity contribution in [2.75, 3.05) is 26.3 Å². The van der Waals surface area contributed by atoms with Gasteiger partial charge >= 0.3 is 5.97 Å². The van der Waals surface area contributed by atoms with Gasteiger partial charge in [-0.3, -0.25) is 14.4 Å². The third kappa shape index (κ3) is 5.26. The van der Waals surface area contributed by atoms with Crippen molar-refractivity contribution < 1.29 is 29.0 Å². The van der Waals surface area contributed by atoms with E-state index >= 15 is 0 Å². The van der Waals surface area contributed by atoms with Crippen molar-refractivity contribution in [1.29, 1.82) is 0 Å². The van der Waals surface area contributed by atoms with E-state index in [1.807, 2.05) is 38.1 Å². The number of fused-ring (bicyclic) bond motifs is 2. The minimum Gasteiger partial charge on any atom is -0.465 e. The lowest BCUT2D eigenvalue weighted by Crippen LogP contribution is -2.56. The van der Waals surface area contributed by atoms with Crippen LogP contribution in [0.2, 0.25) is 0 Å². The number of aliphatic hydroxyl groups is 1. The molecule has 4 heterocycles. The Morgan fingerprint density at radius 1 is 1.21 bits per heavy atom. The maximum Gasteiger partial charge on any atom is 0.312 e. The summed E-state index contributed by atoms with van der Waals surface area (Å²) in [6, 6.07) is 6.60. The van der Waals surface area contributed by atoms with Crippen LogP contribution < -0.4 is 0 Å². The van der Waals surface area contributed by atoms with Gasteiger partial charge in [0.15, 0.2) is 0 Å². The number of benzene rings is 1. The molecule has 2 bridgehead atoms. The summed E-state index contributed by atoms with van der Waals surface area (Å²) in [4.78, 5) is 45.9. The molecule has 1 N–H and O–H groups in total. The first-order chi connectivity index (χ1) is 20.7. The Morgan fingerprint density at radius 2 is 1.98 bits per heavy atom. The largest absolute Gasteiger partial charge is 0.465 e. The molecular weight excluding hydrogens is 550 g/mol. The Morgan fingerprint density at radius 3 is 2.72 bits per heavy atom. The van der Waals surface area contributed by atoms with Crippen LogP contribution in [-0.2, 0) is 30.5 Å². The molecule has 3 saturated heterocycles. The second-order valence-corrected chi connectivity index (χ2v) is 12.2. The summed E-state index contributed by atoms with van der Waals surface area (Å²) in [6.07, 6.45) is 7.26. The normalized spacial score (nSPS) is 29.2. The molecule has 6 atom stereocenters. The molecule has 3 aliphatic rings. The van der Waals surface area contributed by atoms with Crippen molar-refractivity contribution in [3.63, 3.8) is 0 Å². The summed E-state index contributed by atoms with van der Waals surface area (Å²) in [5.74, 6) is -2.72. The van der Waals surface area contributed by atoms with E-state index in [2.05, 4.69) is 23.5 Å². The zero-order chi connectivity index (χ0) is 30.8. The minimum atomic E-state index is -1.17. The second kappa shape index (κ2) is 12.6. The topological polar surface area (TPSA) is 127 Å². The first-order valence-corrected chi connectivity index (χ1v) is 15.3. The summed E-state index contributed by atoms with van der Waals surface area (Å²) < 4.78 is 14.1. The number of likely N-dealkylation sites (tertiary alicyclic amines) is 1. The van der Waals surface area contributed by atoms with Gasteiger partial charge in [-0.05, 0) is 50.7 Å². The average Bonchev–Trinajstić information content (AvgIpc) is 3.66. The van der Waals surface area contributed by atoms with Crippen LogP contribution in [0, 0.1) is 17.8 Å². The van der Waals surface area contributed by atoms with Crippen LogP contribution in [0.3, 0.4) is 0 Å². The number of ether oxygens (including phenoxy) is 2. The molecule has 0 aliphatic carbocycles. The number of rotatable bonds is 15. The van der Waals surface area contributed by atoms with Crippen LogP contribution >= 0.6 is 0 Å². The van der Waals surface area contributed by atoms with E-state index in [1.54, 1.807) is 26.6 Å². The number of carbonyl (C=O) groups is 3. The smallest absolute Gasteiger partial charge is 0.312 e. The molecule has 0 radical (unpaired) electrons. The zero-order valence-corrected chi connectivity index (χ0v) is 25.2. The van der Waals surface area contributed by atoms with Gasteiger partial charge < -0.3 is 24.4 Å². The zero-order valence-electron chi connectivity index (χ0n) is 25.2. The van der Waals surface area contributed by atoms with Crippen LogP contribution in [-0.4, -0.2) is 91.2 Å². The Kier molecular flexibility index (Phi) is 9.03. The highest BCUT2D eigenvalue weighted by Crippen LogP contribution is 2.65. The van der Waals surface area contributed by atoms with E-state index < -0.39 is 35.0 Å². The highest BCUT2D eigenvalue weighted by atomic mass is 16.6. The third-order valence-corrected chi connectivity index (χ3v) is 9.56. The number of amides is 2. The molecule has 1 spiro atoms. The summed E-state index contributed by atoms with van der Waals surface area (Å²) in [6.45, 7) is 12.4. The van der Waals surface area contributed by atoms with Gasteiger partial charge in [0.2, 0.25) is 11.8 Å². The van der Waals surface area contributed by atoms with E-state index in [0.29, 0.717) is 37.7 Å². The van der Waals surface area contributed by atoms with Crippen LogP contribution in [0.1, 0.15) is 52.4 Å². The maximum atomic E-state index is 14.7. The predicted molar refractivity (Wildman–Crippen MR) is 159 cm³/mol. The lowest BCUT2D eigenvalue weighted by atomic mass is 9.62. The van der Waals surface area contributed by atoms with Gasteiger partial charge in [0.1, 0.15) is 29.7 Å². The van der Waals surface area contributed by atoms with E-state index in [9.17, 15) is 19.5 Å². The molecule has 2 aromatic rings.